The van der Waals surface area contributed by atoms with Crippen LogP contribution in [0.15, 0.2) is 48.5 Å². The van der Waals surface area contributed by atoms with Crippen molar-refractivity contribution < 1.29 is 14.4 Å². The zero-order chi connectivity index (χ0) is 20.2. The Bertz CT molecular complexity index is 1030. The molecule has 0 aromatic heterocycles. The highest BCUT2D eigenvalue weighted by Gasteiger charge is 2.54. The Morgan fingerprint density at radius 2 is 1.83 bits per heavy atom. The van der Waals surface area contributed by atoms with Gasteiger partial charge in [0.1, 0.15) is 12.1 Å². The first-order valence-electron chi connectivity index (χ1n) is 10.1. The van der Waals surface area contributed by atoms with Crippen LogP contribution in [-0.2, 0) is 28.0 Å². The van der Waals surface area contributed by atoms with E-state index in [0.717, 1.165) is 46.5 Å². The number of nitrogens with one attached hydrogen (secondary N) is 1. The van der Waals surface area contributed by atoms with Gasteiger partial charge in [0, 0.05) is 11.7 Å². The van der Waals surface area contributed by atoms with Crippen LogP contribution in [0.5, 0.6) is 0 Å². The number of rotatable bonds is 2. The van der Waals surface area contributed by atoms with Crippen molar-refractivity contribution in [1.29, 1.82) is 0 Å². The van der Waals surface area contributed by atoms with Crippen LogP contribution in [0.4, 0.5) is 10.5 Å². The van der Waals surface area contributed by atoms with Gasteiger partial charge in [-0.2, -0.15) is 0 Å². The molecule has 6 nitrogen and oxygen atoms in total. The Balaban J connectivity index is 1.43. The number of hydrogen-bond acceptors (Lipinski definition) is 3. The van der Waals surface area contributed by atoms with Gasteiger partial charge in [0.25, 0.3) is 5.91 Å². The molecular formula is C23H23N3O3. The second kappa shape index (κ2) is 6.44. The van der Waals surface area contributed by atoms with Crippen LogP contribution < -0.4 is 10.2 Å². The Morgan fingerprint density at radius 1 is 1.10 bits per heavy atom. The van der Waals surface area contributed by atoms with E-state index in [1.807, 2.05) is 55.5 Å². The monoisotopic (exact) mass is 389 g/mol. The van der Waals surface area contributed by atoms with Crippen molar-refractivity contribution in [3.8, 4) is 0 Å². The number of para-hydroxylation sites is 1. The van der Waals surface area contributed by atoms with Crippen LogP contribution in [0.3, 0.4) is 0 Å². The summed E-state index contributed by atoms with van der Waals surface area (Å²) in [4.78, 5) is 42.1. The number of benzene rings is 2. The maximum absolute atomic E-state index is 13.4. The molecule has 2 aliphatic heterocycles. The van der Waals surface area contributed by atoms with Crippen LogP contribution in [0, 0.1) is 0 Å². The largest absolute Gasteiger partial charge is 0.325 e. The third-order valence-electron chi connectivity index (χ3n) is 6.42. The Kier molecular flexibility index (Phi) is 3.98. The van der Waals surface area contributed by atoms with Crippen molar-refractivity contribution in [2.75, 3.05) is 11.4 Å². The van der Waals surface area contributed by atoms with E-state index < -0.39 is 11.6 Å². The first-order chi connectivity index (χ1) is 14.0. The summed E-state index contributed by atoms with van der Waals surface area (Å²) in [5.74, 6) is -0.546. The molecule has 0 saturated carbocycles. The van der Waals surface area contributed by atoms with Gasteiger partial charge < -0.3 is 10.2 Å². The highest BCUT2D eigenvalue weighted by atomic mass is 16.2. The maximum atomic E-state index is 13.4. The van der Waals surface area contributed by atoms with Crippen LogP contribution in [-0.4, -0.2) is 35.3 Å². The summed E-state index contributed by atoms with van der Waals surface area (Å²) in [5.41, 5.74) is 2.89. The van der Waals surface area contributed by atoms with Crippen LogP contribution in [0.25, 0.3) is 0 Å². The van der Waals surface area contributed by atoms with E-state index in [2.05, 4.69) is 5.32 Å². The molecule has 1 fully saturated rings. The average Bonchev–Trinajstić information content (AvgIpc) is 3.17. The van der Waals surface area contributed by atoms with Crippen LogP contribution >= 0.6 is 0 Å². The van der Waals surface area contributed by atoms with Crippen molar-refractivity contribution in [3.05, 3.63) is 65.2 Å². The zero-order valence-corrected chi connectivity index (χ0v) is 16.4. The topological polar surface area (TPSA) is 69.7 Å². The average molecular weight is 389 g/mol. The number of aryl methyl sites for hydroxylation is 1. The van der Waals surface area contributed by atoms with Crippen LogP contribution in [0.2, 0.25) is 0 Å². The first-order valence-corrected chi connectivity index (χ1v) is 10.1. The lowest BCUT2D eigenvalue weighted by Gasteiger charge is -2.33. The number of hydrogen-bond donors (Lipinski definition) is 1. The molecule has 1 spiro atoms. The molecular weight excluding hydrogens is 366 g/mol. The third-order valence-corrected chi connectivity index (χ3v) is 6.42. The fourth-order valence-electron chi connectivity index (χ4n) is 5.11. The molecule has 2 unspecified atom stereocenters. The van der Waals surface area contributed by atoms with Crippen LogP contribution in [0.1, 0.15) is 36.5 Å². The van der Waals surface area contributed by atoms with Gasteiger partial charge in [-0.3, -0.25) is 14.5 Å². The van der Waals surface area contributed by atoms with Gasteiger partial charge in [0.15, 0.2) is 0 Å². The first kappa shape index (κ1) is 17.9. The van der Waals surface area contributed by atoms with Gasteiger partial charge >= 0.3 is 6.03 Å². The highest BCUT2D eigenvalue weighted by Crippen LogP contribution is 2.40. The summed E-state index contributed by atoms with van der Waals surface area (Å²) in [6.07, 6.45) is 3.05. The van der Waals surface area contributed by atoms with E-state index in [9.17, 15) is 14.4 Å². The quantitative estimate of drug-likeness (QED) is 0.803. The molecule has 1 aliphatic carbocycles. The molecule has 3 aliphatic rings. The molecule has 4 amide bonds. The number of amides is 4. The zero-order valence-electron chi connectivity index (χ0n) is 16.4. The summed E-state index contributed by atoms with van der Waals surface area (Å²) in [5, 5.41) is 2.92. The fraction of sp³-hybridized carbons (Fsp3) is 0.348. The lowest BCUT2D eigenvalue weighted by molar-refractivity contribution is -0.135. The minimum Gasteiger partial charge on any atom is -0.319 e. The molecule has 0 bridgehead atoms. The summed E-state index contributed by atoms with van der Waals surface area (Å²) < 4.78 is 0. The number of nitrogens with zero attached hydrogens (tertiary/aromatic N) is 2. The fourth-order valence-corrected chi connectivity index (χ4v) is 5.11. The molecule has 1 N–H and O–H groups in total. The third kappa shape index (κ3) is 2.58. The van der Waals surface area contributed by atoms with E-state index in [1.54, 1.807) is 4.90 Å². The second-order valence-electron chi connectivity index (χ2n) is 8.18. The second-order valence-corrected chi connectivity index (χ2v) is 8.18. The molecule has 29 heavy (non-hydrogen) atoms. The molecule has 0 radical (unpaired) electrons. The lowest BCUT2D eigenvalue weighted by atomic mass is 9.76. The van der Waals surface area contributed by atoms with E-state index in [1.165, 1.54) is 0 Å². The summed E-state index contributed by atoms with van der Waals surface area (Å²) in [6, 6.07) is 15.1. The number of imide groups is 1. The Morgan fingerprint density at radius 3 is 2.66 bits per heavy atom. The van der Waals surface area contributed by atoms with E-state index >= 15 is 0 Å². The van der Waals surface area contributed by atoms with Gasteiger partial charge in [-0.1, -0.05) is 42.5 Å². The summed E-state index contributed by atoms with van der Waals surface area (Å²) in [7, 11) is 0. The standard InChI is InChI=1S/C23H23N3O3/c1-15-13-17-8-3-5-11-19(17)26(15)20(27)14-25-21(28)23(24-22(25)29)12-6-9-16-7-2-4-10-18(16)23/h2-5,7-8,10-11,15H,6,9,12-14H2,1H3,(H,24,29). The van der Waals surface area contributed by atoms with Crippen molar-refractivity contribution in [2.45, 2.75) is 44.2 Å². The molecule has 6 heteroatoms. The van der Waals surface area contributed by atoms with Gasteiger partial charge in [0.2, 0.25) is 5.91 Å². The Labute approximate surface area is 169 Å². The van der Waals surface area contributed by atoms with Crippen molar-refractivity contribution in [2.24, 2.45) is 0 Å². The number of fused-ring (bicyclic) bond motifs is 3. The smallest absolute Gasteiger partial charge is 0.319 e. The van der Waals surface area contributed by atoms with Crippen molar-refractivity contribution in [3.63, 3.8) is 0 Å². The Hall–Kier alpha value is -3.15. The predicted octanol–water partition coefficient (Wildman–Crippen LogP) is 2.75. The van der Waals surface area contributed by atoms with Gasteiger partial charge in [-0.05, 0) is 55.4 Å². The normalized spacial score (nSPS) is 25.2. The molecule has 2 aromatic carbocycles. The number of anilines is 1. The molecule has 2 aromatic rings. The highest BCUT2D eigenvalue weighted by molar-refractivity contribution is 6.11. The molecule has 1 saturated heterocycles. The molecule has 2 atom stereocenters. The summed E-state index contributed by atoms with van der Waals surface area (Å²) in [6.45, 7) is 1.75. The minimum absolute atomic E-state index is 0.00466. The molecule has 2 heterocycles. The van der Waals surface area contributed by atoms with Gasteiger partial charge in [-0.25, -0.2) is 4.79 Å². The van der Waals surface area contributed by atoms with Crippen molar-refractivity contribution in [1.82, 2.24) is 10.2 Å². The minimum atomic E-state index is -1.04. The lowest BCUT2D eigenvalue weighted by Crippen LogP contribution is -2.48. The maximum Gasteiger partial charge on any atom is 0.325 e. The van der Waals surface area contributed by atoms with E-state index in [0.29, 0.717) is 6.42 Å². The van der Waals surface area contributed by atoms with Gasteiger partial charge in [-0.15, -0.1) is 0 Å². The number of urea groups is 1. The van der Waals surface area contributed by atoms with E-state index in [4.69, 9.17) is 0 Å². The predicted molar refractivity (Wildman–Crippen MR) is 108 cm³/mol. The molecule has 148 valence electrons. The molecule has 5 rings (SSSR count). The van der Waals surface area contributed by atoms with Gasteiger partial charge in [0.05, 0.1) is 0 Å². The number of carbonyl (C=O) groups excluding carboxylic acids is 3. The van der Waals surface area contributed by atoms with Crippen molar-refractivity contribution >= 4 is 23.5 Å². The SMILES string of the molecule is CC1Cc2ccccc2N1C(=O)CN1C(=O)NC2(CCCc3ccccc32)C1=O. The number of carbonyl (C=O) groups is 3. The van der Waals surface area contributed by atoms with E-state index in [-0.39, 0.29) is 24.4 Å². The summed E-state index contributed by atoms with van der Waals surface area (Å²) >= 11 is 0.